The molecule has 0 fully saturated rings. The molecule has 0 saturated carbocycles. The van der Waals surface area contributed by atoms with Crippen LogP contribution in [-0.4, -0.2) is 115 Å². The summed E-state index contributed by atoms with van der Waals surface area (Å²) in [6, 6.07) is 12.5. The molecule has 0 aromatic heterocycles. The van der Waals surface area contributed by atoms with Gasteiger partial charge in [-0.15, -0.1) is 0 Å². The van der Waals surface area contributed by atoms with Crippen molar-refractivity contribution in [1.29, 1.82) is 0 Å². The first-order valence-electron chi connectivity index (χ1n) is 16.9. The Hall–Kier alpha value is -2.62. The third kappa shape index (κ3) is 9.75. The number of hydrogen-bond donors (Lipinski definition) is 8. The molecule has 1 heterocycles. The molecule has 13 heteroatoms. The summed E-state index contributed by atoms with van der Waals surface area (Å²) in [5.41, 5.74) is 1.77. The van der Waals surface area contributed by atoms with E-state index in [1.807, 2.05) is 44.1 Å². The molecule has 0 spiro atoms. The minimum Gasteiger partial charge on any atom is -0.394 e. The summed E-state index contributed by atoms with van der Waals surface area (Å²) in [4.78, 5) is 15.0. The highest BCUT2D eigenvalue weighted by Crippen LogP contribution is 2.49. The molecule has 0 aliphatic carbocycles. The Morgan fingerprint density at radius 1 is 1.00 bits per heavy atom. The van der Waals surface area contributed by atoms with Crippen LogP contribution in [0.15, 0.2) is 47.4 Å². The molecule has 2 aromatic carbocycles. The van der Waals surface area contributed by atoms with E-state index in [2.05, 4.69) is 17.6 Å². The molecule has 48 heavy (non-hydrogen) atoms. The molecule has 270 valence electrons. The van der Waals surface area contributed by atoms with Crippen LogP contribution in [0.3, 0.4) is 0 Å². The van der Waals surface area contributed by atoms with Gasteiger partial charge in [0.1, 0.15) is 18.3 Å². The number of benzene rings is 2. The Kier molecular flexibility index (Phi) is 14.8. The normalized spacial score (nSPS) is 23.0. The van der Waals surface area contributed by atoms with E-state index in [1.165, 1.54) is 0 Å². The smallest absolute Gasteiger partial charge is 0.224 e. The Morgan fingerprint density at radius 2 is 1.71 bits per heavy atom. The fraction of sp³-hybridized carbons (Fsp3) is 0.629. The van der Waals surface area contributed by atoms with Crippen molar-refractivity contribution < 1.29 is 43.9 Å². The summed E-state index contributed by atoms with van der Waals surface area (Å²) in [6.45, 7) is 3.62. The van der Waals surface area contributed by atoms with E-state index in [4.69, 9.17) is 5.11 Å². The number of anilines is 2. The van der Waals surface area contributed by atoms with Crippen LogP contribution < -0.4 is 15.5 Å². The highest BCUT2D eigenvalue weighted by atomic mass is 32.2. The molecular weight excluding hydrogens is 638 g/mol. The molecule has 1 aliphatic heterocycles. The van der Waals surface area contributed by atoms with Gasteiger partial charge in [-0.25, -0.2) is 8.42 Å². The van der Waals surface area contributed by atoms with E-state index in [9.17, 15) is 38.7 Å². The number of sulfone groups is 1. The molecule has 12 nitrogen and oxygen atoms in total. The Labute approximate surface area is 284 Å². The number of unbranched alkanes of at least 4 members (excludes halogenated alkanes) is 2. The van der Waals surface area contributed by atoms with Gasteiger partial charge in [-0.05, 0) is 73.7 Å². The maximum atomic E-state index is 13.9. The lowest BCUT2D eigenvalue weighted by Crippen LogP contribution is -2.49. The van der Waals surface area contributed by atoms with Crippen LogP contribution in [0, 0.1) is 5.41 Å². The van der Waals surface area contributed by atoms with Crippen molar-refractivity contribution in [3.63, 3.8) is 0 Å². The Balaban J connectivity index is 1.74. The minimum atomic E-state index is -3.72. The number of hydrogen-bond acceptors (Lipinski definition) is 11. The molecule has 2 unspecified atom stereocenters. The van der Waals surface area contributed by atoms with E-state index in [-0.39, 0.29) is 29.5 Å². The fourth-order valence-electron chi connectivity index (χ4n) is 6.51. The zero-order valence-corrected chi connectivity index (χ0v) is 29.4. The zero-order valence-electron chi connectivity index (χ0n) is 28.5. The number of aliphatic hydroxyl groups is 6. The maximum Gasteiger partial charge on any atom is 0.224 e. The Bertz CT molecular complexity index is 1440. The van der Waals surface area contributed by atoms with Gasteiger partial charge in [-0.2, -0.15) is 0 Å². The minimum absolute atomic E-state index is 0.0550. The van der Waals surface area contributed by atoms with Crippen molar-refractivity contribution >= 4 is 27.1 Å². The second kappa shape index (κ2) is 17.9. The van der Waals surface area contributed by atoms with Crippen molar-refractivity contribution in [3.8, 4) is 0 Å². The third-order valence-corrected chi connectivity index (χ3v) is 11.5. The molecule has 0 saturated heterocycles. The first-order valence-corrected chi connectivity index (χ1v) is 18.5. The van der Waals surface area contributed by atoms with Crippen molar-refractivity contribution in [2.45, 2.75) is 100 Å². The number of carbonyl (C=O) groups is 1. The number of rotatable bonds is 18. The predicted octanol–water partition coefficient (Wildman–Crippen LogP) is 1.75. The quantitative estimate of drug-likeness (QED) is 0.106. The van der Waals surface area contributed by atoms with Crippen molar-refractivity contribution in [2.75, 3.05) is 49.8 Å². The van der Waals surface area contributed by atoms with Crippen LogP contribution in [0.5, 0.6) is 0 Å². The summed E-state index contributed by atoms with van der Waals surface area (Å²) in [5, 5.41) is 66.0. The lowest BCUT2D eigenvalue weighted by atomic mass is 9.69. The highest BCUT2D eigenvalue weighted by molar-refractivity contribution is 7.91. The highest BCUT2D eigenvalue weighted by Gasteiger charge is 2.49. The molecule has 7 atom stereocenters. The molecule has 8 N–H and O–H groups in total. The summed E-state index contributed by atoms with van der Waals surface area (Å²) in [5.74, 6) is -0.991. The largest absolute Gasteiger partial charge is 0.394 e. The van der Waals surface area contributed by atoms with Gasteiger partial charge in [-0.1, -0.05) is 38.8 Å². The number of amides is 1. The number of nitrogens with one attached hydrogen (secondary N) is 2. The monoisotopic (exact) mass is 693 g/mol. The molecule has 0 bridgehead atoms. The van der Waals surface area contributed by atoms with Crippen LogP contribution in [0.25, 0.3) is 0 Å². The number of carbonyl (C=O) groups excluding carboxylic acids is 1. The summed E-state index contributed by atoms with van der Waals surface area (Å²) in [6.07, 6.45) is -3.17. The van der Waals surface area contributed by atoms with Crippen LogP contribution in [0.1, 0.15) is 75.8 Å². The van der Waals surface area contributed by atoms with E-state index < -0.39 is 58.3 Å². The van der Waals surface area contributed by atoms with Gasteiger partial charge in [0.2, 0.25) is 5.91 Å². The molecule has 0 radical (unpaired) electrons. The van der Waals surface area contributed by atoms with Gasteiger partial charge >= 0.3 is 0 Å². The van der Waals surface area contributed by atoms with Crippen LogP contribution in [0.2, 0.25) is 0 Å². The van der Waals surface area contributed by atoms with Gasteiger partial charge in [-0.3, -0.25) is 4.79 Å². The first-order chi connectivity index (χ1) is 22.7. The summed E-state index contributed by atoms with van der Waals surface area (Å²) >= 11 is 0. The molecule has 3 rings (SSSR count). The zero-order chi connectivity index (χ0) is 35.6. The lowest BCUT2D eigenvalue weighted by molar-refractivity contribution is -0.116. The van der Waals surface area contributed by atoms with Crippen molar-refractivity contribution in [3.05, 3.63) is 53.6 Å². The van der Waals surface area contributed by atoms with E-state index in [0.717, 1.165) is 18.5 Å². The standard InChI is InChI=1S/C35H55N3O9S/c1-5-7-16-35(6-2)22-48(46,47)29-15-14-25(38(3)4)19-26(29)31(34(35)45)23-11-10-12-24(18-23)37-30(42)13-8-9-17-36-20-27(40)32(43)33(44)28(41)21-39/h10-12,14-15,18-19,27-28,31-34,36,39-41,43-45H,5-9,13,16-17,20-22H2,1-4H3,(H,37,42)/t27?,28-,31-,32-,33?,34-,35-/m1/s1. The molecular formula is C35H55N3O9S. The van der Waals surface area contributed by atoms with Crippen molar-refractivity contribution in [1.82, 2.24) is 5.32 Å². The van der Waals surface area contributed by atoms with Crippen LogP contribution >= 0.6 is 0 Å². The second-order valence-corrected chi connectivity index (χ2v) is 15.2. The predicted molar refractivity (Wildman–Crippen MR) is 186 cm³/mol. The number of aliphatic hydroxyl groups excluding tert-OH is 6. The summed E-state index contributed by atoms with van der Waals surface area (Å²) < 4.78 is 27.8. The average molecular weight is 694 g/mol. The summed E-state index contributed by atoms with van der Waals surface area (Å²) in [7, 11) is 0.0475. The van der Waals surface area contributed by atoms with Gasteiger partial charge < -0.3 is 46.2 Å². The third-order valence-electron chi connectivity index (χ3n) is 9.55. The van der Waals surface area contributed by atoms with Crippen LogP contribution in [-0.2, 0) is 14.6 Å². The van der Waals surface area contributed by atoms with E-state index in [0.29, 0.717) is 49.0 Å². The SMILES string of the molecule is CCCC[C@]1(CC)CS(=O)(=O)c2ccc(N(C)C)cc2[C@@H](c2cccc(NC(=O)CCCCNCC(O)[C@@H](O)C(O)[C@H](O)CO)c2)[C@H]1O. The number of nitrogens with zero attached hydrogens (tertiary/aromatic N) is 1. The van der Waals surface area contributed by atoms with Gasteiger partial charge in [0.15, 0.2) is 9.84 Å². The number of fused-ring (bicyclic) bond motifs is 1. The second-order valence-electron chi connectivity index (χ2n) is 13.3. The Morgan fingerprint density at radius 3 is 2.35 bits per heavy atom. The van der Waals surface area contributed by atoms with Crippen molar-refractivity contribution in [2.24, 2.45) is 5.41 Å². The van der Waals surface area contributed by atoms with E-state index in [1.54, 1.807) is 24.3 Å². The topological polar surface area (TPSA) is 200 Å². The fourth-order valence-corrected chi connectivity index (χ4v) is 8.76. The van der Waals surface area contributed by atoms with Crippen LogP contribution in [0.4, 0.5) is 11.4 Å². The molecule has 1 aliphatic rings. The first kappa shape index (κ1) is 39.8. The molecule has 1 amide bonds. The van der Waals surface area contributed by atoms with Gasteiger partial charge in [0.25, 0.3) is 0 Å². The molecule has 2 aromatic rings. The average Bonchev–Trinajstić information content (AvgIpc) is 3.13. The van der Waals surface area contributed by atoms with Gasteiger partial charge in [0, 0.05) is 49.8 Å². The maximum absolute atomic E-state index is 13.9. The van der Waals surface area contributed by atoms with Gasteiger partial charge in [0.05, 0.1) is 29.5 Å². The van der Waals surface area contributed by atoms with E-state index >= 15 is 0 Å². The lowest BCUT2D eigenvalue weighted by Gasteiger charge is -2.39.